The number of imidazole rings is 1. The number of halogens is 1. The molecule has 0 radical (unpaired) electrons. The summed E-state index contributed by atoms with van der Waals surface area (Å²) in [4.78, 5) is 8.98. The van der Waals surface area contributed by atoms with Crippen molar-refractivity contribution < 1.29 is 0 Å². The molecule has 2 aromatic rings. The summed E-state index contributed by atoms with van der Waals surface area (Å²) >= 11 is 8.00. The summed E-state index contributed by atoms with van der Waals surface area (Å²) in [5.74, 6) is 2.04. The molecule has 2 rings (SSSR count). The molecule has 0 atom stereocenters. The molecule has 114 valence electrons. The lowest BCUT2D eigenvalue weighted by molar-refractivity contribution is 0.711. The molecule has 0 saturated heterocycles. The third-order valence-electron chi connectivity index (χ3n) is 3.14. The van der Waals surface area contributed by atoms with E-state index in [0.717, 1.165) is 43.2 Å². The molecule has 0 spiro atoms. The standard InChI is InChI=1S/C16H22ClN3S/c1-2-3-9-15-19-14(16(17)20-15)12-18-10-11-21-13-7-5-4-6-8-13/h4-8,18H,2-3,9-12H2,1H3,(H,19,20). The fraction of sp³-hybridized carbons (Fsp3) is 0.438. The molecule has 0 aliphatic rings. The lowest BCUT2D eigenvalue weighted by atomic mass is 10.2. The Bertz CT molecular complexity index is 528. The molecule has 1 aromatic carbocycles. The molecule has 0 amide bonds. The number of rotatable bonds is 9. The number of benzene rings is 1. The van der Waals surface area contributed by atoms with E-state index in [0.29, 0.717) is 5.15 Å². The maximum atomic E-state index is 6.15. The number of aromatic amines is 1. The molecular formula is C16H22ClN3S. The largest absolute Gasteiger partial charge is 0.344 e. The van der Waals surface area contributed by atoms with Crippen LogP contribution in [0.5, 0.6) is 0 Å². The Balaban J connectivity index is 1.67. The van der Waals surface area contributed by atoms with E-state index in [9.17, 15) is 0 Å². The summed E-state index contributed by atoms with van der Waals surface area (Å²) in [6, 6.07) is 10.4. The van der Waals surface area contributed by atoms with Gasteiger partial charge in [0.1, 0.15) is 5.82 Å². The van der Waals surface area contributed by atoms with Gasteiger partial charge in [-0.2, -0.15) is 0 Å². The Labute approximate surface area is 135 Å². The molecule has 1 heterocycles. The molecular weight excluding hydrogens is 302 g/mol. The first-order chi connectivity index (χ1) is 10.3. The van der Waals surface area contributed by atoms with Crippen molar-refractivity contribution in [1.29, 1.82) is 0 Å². The van der Waals surface area contributed by atoms with E-state index >= 15 is 0 Å². The number of unbranched alkanes of at least 4 members (excludes halogenated alkanes) is 1. The molecule has 1 aromatic heterocycles. The molecule has 0 fully saturated rings. The van der Waals surface area contributed by atoms with Crippen LogP contribution in [0.1, 0.15) is 31.3 Å². The van der Waals surface area contributed by atoms with Crippen LogP contribution in [0.15, 0.2) is 35.2 Å². The molecule has 0 aliphatic heterocycles. The molecule has 21 heavy (non-hydrogen) atoms. The number of hydrogen-bond donors (Lipinski definition) is 2. The van der Waals surface area contributed by atoms with E-state index in [4.69, 9.17) is 11.6 Å². The smallest absolute Gasteiger partial charge is 0.151 e. The highest BCUT2D eigenvalue weighted by Gasteiger charge is 2.07. The minimum atomic E-state index is 0.601. The molecule has 2 N–H and O–H groups in total. The van der Waals surface area contributed by atoms with Crippen LogP contribution >= 0.6 is 23.4 Å². The summed E-state index contributed by atoms with van der Waals surface area (Å²) in [5, 5.41) is 4.01. The number of nitrogens with one attached hydrogen (secondary N) is 2. The van der Waals surface area contributed by atoms with Gasteiger partial charge >= 0.3 is 0 Å². The predicted molar refractivity (Wildman–Crippen MR) is 91.1 cm³/mol. The molecule has 0 aliphatic carbocycles. The summed E-state index contributed by atoms with van der Waals surface area (Å²) < 4.78 is 0. The average Bonchev–Trinajstić information content (AvgIpc) is 2.86. The van der Waals surface area contributed by atoms with Gasteiger partial charge < -0.3 is 10.3 Å². The van der Waals surface area contributed by atoms with Crippen molar-refractivity contribution in [2.24, 2.45) is 0 Å². The van der Waals surface area contributed by atoms with E-state index in [1.165, 1.54) is 11.3 Å². The zero-order valence-electron chi connectivity index (χ0n) is 12.4. The normalized spacial score (nSPS) is 11.0. The van der Waals surface area contributed by atoms with Crippen molar-refractivity contribution in [3.05, 3.63) is 47.0 Å². The average molecular weight is 324 g/mol. The first kappa shape index (κ1) is 16.4. The third-order valence-corrected chi connectivity index (χ3v) is 4.46. The van der Waals surface area contributed by atoms with Gasteiger partial charge in [0.2, 0.25) is 0 Å². The van der Waals surface area contributed by atoms with E-state index < -0.39 is 0 Å². The highest BCUT2D eigenvalue weighted by molar-refractivity contribution is 7.99. The fourth-order valence-electron chi connectivity index (χ4n) is 1.99. The van der Waals surface area contributed by atoms with Crippen molar-refractivity contribution >= 4 is 23.4 Å². The van der Waals surface area contributed by atoms with Crippen molar-refractivity contribution in [1.82, 2.24) is 15.3 Å². The fourth-order valence-corrected chi connectivity index (χ4v) is 3.04. The van der Waals surface area contributed by atoms with Crippen molar-refractivity contribution in [3.8, 4) is 0 Å². The van der Waals surface area contributed by atoms with Gasteiger partial charge in [-0.25, -0.2) is 4.98 Å². The van der Waals surface area contributed by atoms with Gasteiger partial charge in [0.25, 0.3) is 0 Å². The lowest BCUT2D eigenvalue weighted by Gasteiger charge is -2.04. The van der Waals surface area contributed by atoms with Crippen LogP contribution in [0.25, 0.3) is 0 Å². The van der Waals surface area contributed by atoms with E-state index in [1.54, 1.807) is 0 Å². The Hall–Kier alpha value is -0.970. The zero-order chi connectivity index (χ0) is 14.9. The first-order valence-corrected chi connectivity index (χ1v) is 8.77. The molecule has 5 heteroatoms. The molecule has 0 bridgehead atoms. The number of aromatic nitrogens is 2. The second-order valence-corrected chi connectivity index (χ2v) is 6.42. The molecule has 0 unspecified atom stereocenters. The summed E-state index contributed by atoms with van der Waals surface area (Å²) in [6.07, 6.45) is 3.28. The van der Waals surface area contributed by atoms with Gasteiger partial charge in [0.15, 0.2) is 5.15 Å². The second kappa shape index (κ2) is 9.13. The quantitative estimate of drug-likeness (QED) is 0.534. The highest BCUT2D eigenvalue weighted by Crippen LogP contribution is 2.16. The minimum absolute atomic E-state index is 0.601. The van der Waals surface area contributed by atoms with Crippen LogP contribution in [0, 0.1) is 0 Å². The molecule has 3 nitrogen and oxygen atoms in total. The SMILES string of the molecule is CCCCc1nc(Cl)c(CNCCSc2ccccc2)[nH]1. The van der Waals surface area contributed by atoms with Crippen molar-refractivity contribution in [3.63, 3.8) is 0 Å². The maximum absolute atomic E-state index is 6.15. The van der Waals surface area contributed by atoms with Crippen LogP contribution in [0.2, 0.25) is 5.15 Å². The lowest BCUT2D eigenvalue weighted by Crippen LogP contribution is -2.17. The molecule has 0 saturated carbocycles. The van der Waals surface area contributed by atoms with Gasteiger partial charge in [0, 0.05) is 30.2 Å². The minimum Gasteiger partial charge on any atom is -0.344 e. The number of aryl methyl sites for hydroxylation is 1. The number of H-pyrrole nitrogens is 1. The summed E-state index contributed by atoms with van der Waals surface area (Å²) in [6.45, 7) is 3.87. The number of hydrogen-bond acceptors (Lipinski definition) is 3. The van der Waals surface area contributed by atoms with Crippen LogP contribution in [-0.2, 0) is 13.0 Å². The van der Waals surface area contributed by atoms with Crippen molar-refractivity contribution in [2.45, 2.75) is 37.6 Å². The second-order valence-electron chi connectivity index (χ2n) is 4.89. The van der Waals surface area contributed by atoms with Crippen LogP contribution < -0.4 is 5.32 Å². The summed E-state index contributed by atoms with van der Waals surface area (Å²) in [5.41, 5.74) is 0.993. The topological polar surface area (TPSA) is 40.7 Å². The first-order valence-electron chi connectivity index (χ1n) is 7.41. The highest BCUT2D eigenvalue weighted by atomic mass is 35.5. The van der Waals surface area contributed by atoms with E-state index in [1.807, 2.05) is 17.8 Å². The van der Waals surface area contributed by atoms with Crippen LogP contribution in [0.4, 0.5) is 0 Å². The Kier molecular flexibility index (Phi) is 7.13. The Morgan fingerprint density at radius 3 is 2.86 bits per heavy atom. The number of thioether (sulfide) groups is 1. The Morgan fingerprint density at radius 2 is 2.10 bits per heavy atom. The maximum Gasteiger partial charge on any atom is 0.151 e. The Morgan fingerprint density at radius 1 is 1.29 bits per heavy atom. The third kappa shape index (κ3) is 5.73. The van der Waals surface area contributed by atoms with Gasteiger partial charge in [-0.15, -0.1) is 11.8 Å². The van der Waals surface area contributed by atoms with Gasteiger partial charge in [-0.1, -0.05) is 43.1 Å². The van der Waals surface area contributed by atoms with Crippen LogP contribution in [0.3, 0.4) is 0 Å². The number of nitrogens with zero attached hydrogens (tertiary/aromatic N) is 1. The summed E-state index contributed by atoms with van der Waals surface area (Å²) in [7, 11) is 0. The van der Waals surface area contributed by atoms with E-state index in [-0.39, 0.29) is 0 Å². The van der Waals surface area contributed by atoms with Gasteiger partial charge in [-0.05, 0) is 18.6 Å². The van der Waals surface area contributed by atoms with E-state index in [2.05, 4.69) is 46.5 Å². The van der Waals surface area contributed by atoms with Crippen LogP contribution in [-0.4, -0.2) is 22.3 Å². The van der Waals surface area contributed by atoms with Gasteiger partial charge in [-0.3, -0.25) is 0 Å². The monoisotopic (exact) mass is 323 g/mol. The predicted octanol–water partition coefficient (Wildman–Crippen LogP) is 4.29. The zero-order valence-corrected chi connectivity index (χ0v) is 13.9. The van der Waals surface area contributed by atoms with Gasteiger partial charge in [0.05, 0.1) is 5.69 Å². The van der Waals surface area contributed by atoms with Crippen molar-refractivity contribution in [2.75, 3.05) is 12.3 Å².